The number of ketones is 1. The number of imidazole rings is 1. The molecule has 4 N–H and O–H groups in total. The number of carbonyl (C=O) groups is 2. The lowest BCUT2D eigenvalue weighted by atomic mass is 10.1. The second-order valence-corrected chi connectivity index (χ2v) is 12.1. The Morgan fingerprint density at radius 3 is 2.56 bits per heavy atom. The lowest BCUT2D eigenvalue weighted by Crippen LogP contribution is -2.47. The zero-order valence-corrected chi connectivity index (χ0v) is 25.8. The molecule has 12 nitrogen and oxygen atoms in total. The minimum Gasteiger partial charge on any atom is -0.494 e. The number of Topliss-reactive ketones (excluding diaryl/α,β-unsaturated/α-hetero) is 1. The van der Waals surface area contributed by atoms with Crippen LogP contribution in [0.3, 0.4) is 0 Å². The maximum Gasteiger partial charge on any atom is 0.251 e. The summed E-state index contributed by atoms with van der Waals surface area (Å²) in [5, 5.41) is 11.1. The van der Waals surface area contributed by atoms with Gasteiger partial charge in [-0.25, -0.2) is 13.4 Å². The van der Waals surface area contributed by atoms with E-state index in [9.17, 15) is 18.0 Å². The molecule has 1 atom stereocenters. The molecule has 43 heavy (non-hydrogen) atoms. The number of unbranched alkanes of at least 4 members (excludes halogenated alkanes) is 1. The van der Waals surface area contributed by atoms with Crippen LogP contribution in [0, 0.1) is 13.8 Å². The van der Waals surface area contributed by atoms with Crippen LogP contribution in [0.1, 0.15) is 54.6 Å². The number of anilines is 1. The first-order valence-electron chi connectivity index (χ1n) is 14.3. The molecule has 4 aromatic rings. The maximum atomic E-state index is 13.3. The van der Waals surface area contributed by atoms with Gasteiger partial charge in [-0.2, -0.15) is 9.82 Å². The van der Waals surface area contributed by atoms with Crippen molar-refractivity contribution in [3.05, 3.63) is 65.6 Å². The number of benzene rings is 2. The number of hydrogen-bond acceptors (Lipinski definition) is 8. The van der Waals surface area contributed by atoms with Gasteiger partial charge >= 0.3 is 0 Å². The smallest absolute Gasteiger partial charge is 0.251 e. The predicted molar refractivity (Wildman–Crippen MR) is 165 cm³/mol. The van der Waals surface area contributed by atoms with Crippen LogP contribution in [0.2, 0.25) is 0 Å². The third-order valence-corrected chi connectivity index (χ3v) is 8.74. The molecule has 0 saturated heterocycles. The minimum atomic E-state index is -4.07. The largest absolute Gasteiger partial charge is 0.494 e. The Labute approximate surface area is 251 Å². The number of aromatic nitrogens is 4. The second kappa shape index (κ2) is 14.3. The van der Waals surface area contributed by atoms with Crippen LogP contribution < -0.4 is 20.1 Å². The van der Waals surface area contributed by atoms with Crippen molar-refractivity contribution in [2.75, 3.05) is 25.0 Å². The summed E-state index contributed by atoms with van der Waals surface area (Å²) in [6, 6.07) is 7.44. The molecular weight excluding hydrogens is 570 g/mol. The molecule has 0 saturated carbocycles. The summed E-state index contributed by atoms with van der Waals surface area (Å²) in [5.74, 6) is 0.468. The van der Waals surface area contributed by atoms with E-state index in [0.29, 0.717) is 48.1 Å². The van der Waals surface area contributed by atoms with Crippen LogP contribution in [0.5, 0.6) is 5.75 Å². The summed E-state index contributed by atoms with van der Waals surface area (Å²) in [7, 11) is -4.07. The van der Waals surface area contributed by atoms with E-state index in [1.165, 1.54) is 6.92 Å². The molecule has 0 unspecified atom stereocenters. The molecule has 13 heteroatoms. The summed E-state index contributed by atoms with van der Waals surface area (Å²) in [6.45, 7) is 8.47. The number of hydrogen-bond donors (Lipinski definition) is 4. The Balaban J connectivity index is 1.37. The highest BCUT2D eigenvalue weighted by Crippen LogP contribution is 2.26. The quantitative estimate of drug-likeness (QED) is 0.140. The van der Waals surface area contributed by atoms with Crippen molar-refractivity contribution in [1.82, 2.24) is 29.8 Å². The molecule has 0 aliphatic heterocycles. The first kappa shape index (κ1) is 31.7. The summed E-state index contributed by atoms with van der Waals surface area (Å²) in [5.41, 5.74) is 2.28. The fourth-order valence-electron chi connectivity index (χ4n) is 4.77. The lowest BCUT2D eigenvalue weighted by molar-refractivity contribution is -0.118. The van der Waals surface area contributed by atoms with E-state index in [-0.39, 0.29) is 11.4 Å². The third kappa shape index (κ3) is 8.20. The van der Waals surface area contributed by atoms with Gasteiger partial charge in [-0.15, -0.1) is 0 Å². The Bertz CT molecular complexity index is 1640. The topological polar surface area (TPSA) is 160 Å². The Morgan fingerprint density at radius 2 is 1.88 bits per heavy atom. The molecule has 0 bridgehead atoms. The first-order valence-corrected chi connectivity index (χ1v) is 15.8. The highest BCUT2D eigenvalue weighted by Gasteiger charge is 2.27. The first-order chi connectivity index (χ1) is 20.6. The SMILES string of the molecule is CCCCOc1cc(C)c(S(=O)(=O)N[C@@H](CNC(=O)c2ccc3c(cnn3CCCNc3ncc[nH]3)c2)C(C)=O)c(C)c1. The Morgan fingerprint density at radius 1 is 1.12 bits per heavy atom. The van der Waals surface area contributed by atoms with Crippen LogP contribution in [-0.4, -0.2) is 65.6 Å². The van der Waals surface area contributed by atoms with Gasteiger partial charge in [-0.1, -0.05) is 13.3 Å². The zero-order chi connectivity index (χ0) is 31.0. The van der Waals surface area contributed by atoms with Gasteiger partial charge in [-0.05, 0) is 75.1 Å². The van der Waals surface area contributed by atoms with Crippen molar-refractivity contribution in [3.8, 4) is 5.75 Å². The van der Waals surface area contributed by atoms with Crippen molar-refractivity contribution < 1.29 is 22.7 Å². The second-order valence-electron chi connectivity index (χ2n) is 10.4. The molecule has 2 aromatic heterocycles. The Hall–Kier alpha value is -4.23. The van der Waals surface area contributed by atoms with Crippen molar-refractivity contribution in [3.63, 3.8) is 0 Å². The number of carbonyl (C=O) groups excluding carboxylic acids is 2. The normalized spacial score (nSPS) is 12.3. The van der Waals surface area contributed by atoms with Crippen molar-refractivity contribution in [1.29, 1.82) is 0 Å². The van der Waals surface area contributed by atoms with Crippen LogP contribution in [-0.2, 0) is 21.4 Å². The molecule has 0 aliphatic rings. The summed E-state index contributed by atoms with van der Waals surface area (Å²) >= 11 is 0. The van der Waals surface area contributed by atoms with E-state index in [1.807, 2.05) is 10.7 Å². The number of amides is 1. The van der Waals surface area contributed by atoms with Crippen molar-refractivity contribution in [2.24, 2.45) is 0 Å². The number of aryl methyl sites for hydroxylation is 3. The standard InChI is InChI=1S/C30H39N7O5S/c1-5-6-14-42-25-15-20(2)28(21(3)16-25)43(40,41)36-26(22(4)38)19-34-29(39)23-8-9-27-24(17-23)18-35-37(27)13-7-10-31-30-32-11-12-33-30/h8-9,11-12,15-18,26,36H,5-7,10,13-14,19H2,1-4H3,(H,34,39)(H2,31,32,33)/t26-/m0/s1. The van der Waals surface area contributed by atoms with Gasteiger partial charge in [0, 0.05) is 43.0 Å². The molecule has 0 spiro atoms. The monoisotopic (exact) mass is 609 g/mol. The van der Waals surface area contributed by atoms with Gasteiger partial charge in [0.2, 0.25) is 10.0 Å². The molecule has 1 amide bonds. The molecule has 4 rings (SSSR count). The molecule has 0 fully saturated rings. The number of ether oxygens (including phenoxy) is 1. The Kier molecular flexibility index (Phi) is 10.5. The van der Waals surface area contributed by atoms with E-state index in [4.69, 9.17) is 4.74 Å². The van der Waals surface area contributed by atoms with Gasteiger partial charge in [-0.3, -0.25) is 14.3 Å². The average molecular weight is 610 g/mol. The highest BCUT2D eigenvalue weighted by atomic mass is 32.2. The number of sulfonamides is 1. The summed E-state index contributed by atoms with van der Waals surface area (Å²) in [6.07, 6.45) is 7.84. The number of nitrogens with zero attached hydrogens (tertiary/aromatic N) is 3. The van der Waals surface area contributed by atoms with Crippen LogP contribution >= 0.6 is 0 Å². The summed E-state index contributed by atoms with van der Waals surface area (Å²) < 4.78 is 36.8. The molecule has 2 aromatic carbocycles. The zero-order valence-electron chi connectivity index (χ0n) is 24.9. The third-order valence-electron chi connectivity index (χ3n) is 6.97. The molecule has 2 heterocycles. The predicted octanol–water partition coefficient (Wildman–Crippen LogP) is 3.72. The minimum absolute atomic E-state index is 0.0899. The van der Waals surface area contributed by atoms with Gasteiger partial charge in [0.05, 0.1) is 29.3 Å². The number of H-pyrrole nitrogens is 1. The molecule has 0 radical (unpaired) electrons. The fraction of sp³-hybridized carbons (Fsp3) is 0.400. The average Bonchev–Trinajstić information content (AvgIpc) is 3.62. The number of aromatic amines is 1. The van der Waals surface area contributed by atoms with Crippen molar-refractivity contribution >= 4 is 38.6 Å². The molecule has 230 valence electrons. The summed E-state index contributed by atoms with van der Waals surface area (Å²) in [4.78, 5) is 32.6. The van der Waals surface area contributed by atoms with E-state index < -0.39 is 27.8 Å². The highest BCUT2D eigenvalue weighted by molar-refractivity contribution is 7.89. The number of nitrogens with one attached hydrogen (secondary N) is 4. The van der Waals surface area contributed by atoms with Crippen molar-refractivity contribution in [2.45, 2.75) is 64.4 Å². The van der Waals surface area contributed by atoms with Gasteiger partial charge < -0.3 is 20.4 Å². The van der Waals surface area contributed by atoms with Gasteiger partial charge in [0.1, 0.15) is 11.5 Å². The maximum absolute atomic E-state index is 13.3. The van der Waals surface area contributed by atoms with E-state index in [0.717, 1.165) is 30.2 Å². The number of rotatable bonds is 16. The van der Waals surface area contributed by atoms with E-state index >= 15 is 0 Å². The van der Waals surface area contributed by atoms with Crippen LogP contribution in [0.15, 0.2) is 53.8 Å². The number of fused-ring (bicyclic) bond motifs is 1. The van der Waals surface area contributed by atoms with Crippen LogP contribution in [0.4, 0.5) is 5.95 Å². The fourth-order valence-corrected chi connectivity index (χ4v) is 6.47. The van der Waals surface area contributed by atoms with Gasteiger partial charge in [0.15, 0.2) is 5.95 Å². The molecular formula is C30H39N7O5S. The van der Waals surface area contributed by atoms with E-state index in [1.54, 1.807) is 56.7 Å². The van der Waals surface area contributed by atoms with E-state index in [2.05, 4.69) is 37.3 Å². The van der Waals surface area contributed by atoms with Crippen LogP contribution in [0.25, 0.3) is 10.9 Å². The molecule has 0 aliphatic carbocycles. The lowest BCUT2D eigenvalue weighted by Gasteiger charge is -2.19. The van der Waals surface area contributed by atoms with Gasteiger partial charge in [0.25, 0.3) is 5.91 Å².